The maximum absolute atomic E-state index is 11.3. The van der Waals surface area contributed by atoms with Crippen molar-refractivity contribution in [1.82, 2.24) is 5.43 Å². The topological polar surface area (TPSA) is 107 Å². The molecule has 0 unspecified atom stereocenters. The third-order valence-corrected chi connectivity index (χ3v) is 2.58. The van der Waals surface area contributed by atoms with Crippen molar-refractivity contribution in [3.8, 4) is 11.3 Å². The number of amides is 2. The average Bonchev–Trinajstić information content (AvgIpc) is 2.95. The molecule has 1 aromatic carbocycles. The zero-order valence-corrected chi connectivity index (χ0v) is 11.2. The zero-order chi connectivity index (χ0) is 15.2. The fraction of sp³-hybridized carbons (Fsp3) is 0.0714. The number of hydrazone groups is 1. The Morgan fingerprint density at radius 2 is 1.95 bits per heavy atom. The molecule has 0 bridgehead atoms. The molecule has 1 heterocycles. The molecule has 0 fully saturated rings. The number of nitrogens with zero attached hydrogens (tertiary/aromatic N) is 1. The minimum atomic E-state index is -0.753. The molecular formula is C14H13N3O4. The summed E-state index contributed by atoms with van der Waals surface area (Å²) in [7, 11) is 1.33. The first kappa shape index (κ1) is 14.3. The highest BCUT2D eigenvalue weighted by atomic mass is 16.5. The molecule has 108 valence electrons. The lowest BCUT2D eigenvalue weighted by Crippen LogP contribution is -2.24. The van der Waals surface area contributed by atoms with Crippen LogP contribution in [0.4, 0.5) is 4.79 Å². The number of esters is 1. The van der Waals surface area contributed by atoms with Crippen LogP contribution in [0.3, 0.4) is 0 Å². The molecule has 0 radical (unpaired) electrons. The number of carbonyl (C=O) groups excluding carboxylic acids is 2. The van der Waals surface area contributed by atoms with Gasteiger partial charge in [0.15, 0.2) is 0 Å². The van der Waals surface area contributed by atoms with E-state index in [4.69, 9.17) is 10.2 Å². The number of nitrogens with two attached hydrogens (primary N) is 1. The first-order chi connectivity index (χ1) is 10.1. The number of hydrogen-bond donors (Lipinski definition) is 2. The smallest absolute Gasteiger partial charge is 0.337 e. The van der Waals surface area contributed by atoms with Gasteiger partial charge in [-0.3, -0.25) is 0 Å². The van der Waals surface area contributed by atoms with Crippen LogP contribution in [0.2, 0.25) is 0 Å². The summed E-state index contributed by atoms with van der Waals surface area (Å²) in [6.45, 7) is 0. The van der Waals surface area contributed by atoms with E-state index in [1.807, 2.05) is 0 Å². The molecule has 2 rings (SSSR count). The summed E-state index contributed by atoms with van der Waals surface area (Å²) in [6, 6.07) is 9.46. The quantitative estimate of drug-likeness (QED) is 0.507. The Morgan fingerprint density at radius 1 is 1.24 bits per heavy atom. The van der Waals surface area contributed by atoms with Gasteiger partial charge in [0.25, 0.3) is 0 Å². The van der Waals surface area contributed by atoms with E-state index >= 15 is 0 Å². The van der Waals surface area contributed by atoms with Gasteiger partial charge >= 0.3 is 12.0 Å². The van der Waals surface area contributed by atoms with Crippen LogP contribution in [0, 0.1) is 0 Å². The number of carbonyl (C=O) groups is 2. The zero-order valence-electron chi connectivity index (χ0n) is 11.2. The Balaban J connectivity index is 2.12. The summed E-state index contributed by atoms with van der Waals surface area (Å²) in [5.74, 6) is 0.661. The first-order valence-corrected chi connectivity index (χ1v) is 5.97. The van der Waals surface area contributed by atoms with Crippen molar-refractivity contribution >= 4 is 18.2 Å². The predicted molar refractivity (Wildman–Crippen MR) is 75.8 cm³/mol. The molecule has 0 aliphatic rings. The Morgan fingerprint density at radius 3 is 2.57 bits per heavy atom. The van der Waals surface area contributed by atoms with Gasteiger partial charge in [-0.1, -0.05) is 12.1 Å². The monoisotopic (exact) mass is 287 g/mol. The van der Waals surface area contributed by atoms with Crippen LogP contribution >= 0.6 is 0 Å². The molecule has 0 atom stereocenters. The van der Waals surface area contributed by atoms with E-state index < -0.39 is 12.0 Å². The van der Waals surface area contributed by atoms with Crippen LogP contribution < -0.4 is 11.2 Å². The minimum absolute atomic E-state index is 0.397. The van der Waals surface area contributed by atoms with Crippen molar-refractivity contribution in [3.63, 3.8) is 0 Å². The van der Waals surface area contributed by atoms with Gasteiger partial charge in [0, 0.05) is 5.56 Å². The number of nitrogens with one attached hydrogen (secondary N) is 1. The summed E-state index contributed by atoms with van der Waals surface area (Å²) in [4.78, 5) is 21.8. The Labute approximate surface area is 120 Å². The first-order valence-electron chi connectivity index (χ1n) is 5.97. The van der Waals surface area contributed by atoms with Crippen molar-refractivity contribution in [2.75, 3.05) is 7.11 Å². The highest BCUT2D eigenvalue weighted by Crippen LogP contribution is 2.22. The second-order valence-corrected chi connectivity index (χ2v) is 4.01. The number of primary amides is 1. The normalized spacial score (nSPS) is 10.5. The largest absolute Gasteiger partial charge is 0.465 e. The molecule has 0 aliphatic heterocycles. The lowest BCUT2D eigenvalue weighted by molar-refractivity contribution is 0.0600. The van der Waals surface area contributed by atoms with Gasteiger partial charge in [-0.15, -0.1) is 0 Å². The summed E-state index contributed by atoms with van der Waals surface area (Å²) in [5.41, 5.74) is 8.19. The molecule has 0 saturated heterocycles. The number of furan rings is 1. The molecular weight excluding hydrogens is 274 g/mol. The number of methoxy groups -OCH3 is 1. The second kappa shape index (κ2) is 6.38. The van der Waals surface area contributed by atoms with E-state index in [-0.39, 0.29) is 0 Å². The number of benzene rings is 1. The van der Waals surface area contributed by atoms with Crippen molar-refractivity contribution < 1.29 is 18.7 Å². The summed E-state index contributed by atoms with van der Waals surface area (Å²) in [5, 5.41) is 3.59. The highest BCUT2D eigenvalue weighted by molar-refractivity contribution is 5.89. The molecule has 0 aliphatic carbocycles. The van der Waals surface area contributed by atoms with Crippen molar-refractivity contribution in [1.29, 1.82) is 0 Å². The third kappa shape index (κ3) is 3.69. The van der Waals surface area contributed by atoms with E-state index in [1.54, 1.807) is 36.4 Å². The van der Waals surface area contributed by atoms with E-state index in [0.29, 0.717) is 17.1 Å². The van der Waals surface area contributed by atoms with Crippen molar-refractivity contribution in [2.24, 2.45) is 10.8 Å². The van der Waals surface area contributed by atoms with E-state index in [2.05, 4.69) is 15.3 Å². The van der Waals surface area contributed by atoms with Gasteiger partial charge in [-0.2, -0.15) is 5.10 Å². The van der Waals surface area contributed by atoms with Gasteiger partial charge in [-0.05, 0) is 24.3 Å². The maximum Gasteiger partial charge on any atom is 0.337 e. The lowest BCUT2D eigenvalue weighted by atomic mass is 10.1. The second-order valence-electron chi connectivity index (χ2n) is 4.01. The van der Waals surface area contributed by atoms with Crippen LogP contribution in [0.1, 0.15) is 16.1 Å². The number of ether oxygens (including phenoxy) is 1. The molecule has 21 heavy (non-hydrogen) atoms. The van der Waals surface area contributed by atoms with Gasteiger partial charge in [0.05, 0.1) is 18.9 Å². The van der Waals surface area contributed by atoms with Crippen LogP contribution in [-0.4, -0.2) is 25.3 Å². The van der Waals surface area contributed by atoms with Crippen molar-refractivity contribution in [2.45, 2.75) is 0 Å². The molecule has 2 aromatic rings. The van der Waals surface area contributed by atoms with Crippen molar-refractivity contribution in [3.05, 3.63) is 47.7 Å². The SMILES string of the molecule is COC(=O)c1ccc(-c2ccc(/C=N/NC(N)=O)o2)cc1. The predicted octanol–water partition coefficient (Wildman–Crippen LogP) is 1.74. The van der Waals surface area contributed by atoms with Crippen LogP contribution in [0.25, 0.3) is 11.3 Å². The van der Waals surface area contributed by atoms with E-state index in [9.17, 15) is 9.59 Å². The molecule has 7 heteroatoms. The molecule has 0 saturated carbocycles. The average molecular weight is 287 g/mol. The fourth-order valence-corrected chi connectivity index (χ4v) is 1.63. The molecule has 7 nitrogen and oxygen atoms in total. The lowest BCUT2D eigenvalue weighted by Gasteiger charge is -2.00. The standard InChI is InChI=1S/C14H13N3O4/c1-20-13(18)10-4-2-9(3-5-10)12-7-6-11(21-12)8-16-17-14(15)19/h2-8H,1H3,(H3,15,17,19)/b16-8+. The van der Waals surface area contributed by atoms with Gasteiger partial charge in [0.1, 0.15) is 11.5 Å². The molecule has 2 amide bonds. The van der Waals surface area contributed by atoms with Crippen LogP contribution in [0.5, 0.6) is 0 Å². The third-order valence-electron chi connectivity index (χ3n) is 2.58. The summed E-state index contributed by atoms with van der Waals surface area (Å²) in [6.07, 6.45) is 1.33. The molecule has 1 aromatic heterocycles. The van der Waals surface area contributed by atoms with E-state index in [0.717, 1.165) is 5.56 Å². The number of urea groups is 1. The maximum atomic E-state index is 11.3. The summed E-state index contributed by atoms with van der Waals surface area (Å²) >= 11 is 0. The Kier molecular flexibility index (Phi) is 4.35. The fourth-order valence-electron chi connectivity index (χ4n) is 1.63. The van der Waals surface area contributed by atoms with Crippen LogP contribution in [0.15, 0.2) is 45.9 Å². The minimum Gasteiger partial charge on any atom is -0.465 e. The van der Waals surface area contributed by atoms with Gasteiger partial charge in [-0.25, -0.2) is 15.0 Å². The molecule has 3 N–H and O–H groups in total. The van der Waals surface area contributed by atoms with Gasteiger partial charge in [0.2, 0.25) is 0 Å². The van der Waals surface area contributed by atoms with Crippen LogP contribution in [-0.2, 0) is 4.74 Å². The Hall–Kier alpha value is -3.09. The molecule has 0 spiro atoms. The van der Waals surface area contributed by atoms with E-state index in [1.165, 1.54) is 13.3 Å². The van der Waals surface area contributed by atoms with Gasteiger partial charge < -0.3 is 14.9 Å². The summed E-state index contributed by atoms with van der Waals surface area (Å²) < 4.78 is 10.1. The highest BCUT2D eigenvalue weighted by Gasteiger charge is 2.07. The Bertz CT molecular complexity index is 674. The number of rotatable bonds is 4. The number of hydrogen-bond acceptors (Lipinski definition) is 5.